The van der Waals surface area contributed by atoms with Gasteiger partial charge in [0.25, 0.3) is 0 Å². The maximum absolute atomic E-state index is 11.0. The summed E-state index contributed by atoms with van der Waals surface area (Å²) >= 11 is 0. The van der Waals surface area contributed by atoms with Crippen LogP contribution in [0.4, 0.5) is 0 Å². The maximum atomic E-state index is 11.0. The molecule has 1 aromatic carbocycles. The van der Waals surface area contributed by atoms with Gasteiger partial charge in [-0.2, -0.15) is 0 Å². The van der Waals surface area contributed by atoms with Crippen LogP contribution in [0, 0.1) is 6.92 Å². The van der Waals surface area contributed by atoms with Gasteiger partial charge in [-0.05, 0) is 37.8 Å². The van der Waals surface area contributed by atoms with Gasteiger partial charge in [0.1, 0.15) is 11.9 Å². The molecule has 1 fully saturated rings. The van der Waals surface area contributed by atoms with Crippen molar-refractivity contribution < 1.29 is 14.6 Å². The number of hydrogen-bond acceptors (Lipinski definition) is 3. The first-order chi connectivity index (χ1) is 8.22. The normalized spacial score (nSPS) is 24.4. The van der Waals surface area contributed by atoms with Gasteiger partial charge >= 0.3 is 0 Å². The second kappa shape index (κ2) is 5.32. The van der Waals surface area contributed by atoms with E-state index in [-0.39, 0.29) is 6.10 Å². The Morgan fingerprint density at radius 3 is 2.82 bits per heavy atom. The van der Waals surface area contributed by atoms with Crippen molar-refractivity contribution in [2.45, 2.75) is 44.8 Å². The van der Waals surface area contributed by atoms with E-state index in [0.717, 1.165) is 37.5 Å². The molecule has 1 aromatic rings. The Hall–Kier alpha value is -1.35. The summed E-state index contributed by atoms with van der Waals surface area (Å²) in [5.41, 5.74) is 1.50. The molecule has 0 spiro atoms. The molecule has 0 radical (unpaired) electrons. The standard InChI is InChI=1S/C14H18O3/c1-10-5-4-6-11(9-15)14(10)17-13-8-3-2-7-12(13)16/h4-6,9,12-13,16H,2-3,7-8H2,1H3. The quantitative estimate of drug-likeness (QED) is 0.817. The van der Waals surface area contributed by atoms with Gasteiger partial charge in [0.2, 0.25) is 0 Å². The first-order valence-corrected chi connectivity index (χ1v) is 6.12. The number of benzene rings is 1. The highest BCUT2D eigenvalue weighted by Gasteiger charge is 2.25. The van der Waals surface area contributed by atoms with Crippen molar-refractivity contribution >= 4 is 6.29 Å². The van der Waals surface area contributed by atoms with E-state index in [4.69, 9.17) is 4.74 Å². The fourth-order valence-corrected chi connectivity index (χ4v) is 2.30. The number of hydrogen-bond donors (Lipinski definition) is 1. The summed E-state index contributed by atoms with van der Waals surface area (Å²) in [7, 11) is 0. The van der Waals surface area contributed by atoms with Gasteiger partial charge in [-0.1, -0.05) is 18.6 Å². The molecule has 1 N–H and O–H groups in total. The highest BCUT2D eigenvalue weighted by Crippen LogP contribution is 2.28. The van der Waals surface area contributed by atoms with Crippen molar-refractivity contribution in [2.75, 3.05) is 0 Å². The number of aliphatic hydroxyl groups is 1. The van der Waals surface area contributed by atoms with E-state index in [1.165, 1.54) is 0 Å². The number of carbonyl (C=O) groups excluding carboxylic acids is 1. The zero-order chi connectivity index (χ0) is 12.3. The fourth-order valence-electron chi connectivity index (χ4n) is 2.30. The molecule has 92 valence electrons. The van der Waals surface area contributed by atoms with E-state index in [9.17, 15) is 9.90 Å². The molecule has 1 aliphatic rings. The number of aryl methyl sites for hydroxylation is 1. The van der Waals surface area contributed by atoms with E-state index in [1.54, 1.807) is 6.07 Å². The lowest BCUT2D eigenvalue weighted by Crippen LogP contribution is -2.35. The zero-order valence-corrected chi connectivity index (χ0v) is 10.1. The first-order valence-electron chi connectivity index (χ1n) is 6.12. The Kier molecular flexibility index (Phi) is 3.79. The van der Waals surface area contributed by atoms with Crippen LogP contribution in [0.2, 0.25) is 0 Å². The average molecular weight is 234 g/mol. The van der Waals surface area contributed by atoms with Crippen molar-refractivity contribution in [1.82, 2.24) is 0 Å². The van der Waals surface area contributed by atoms with E-state index in [0.29, 0.717) is 11.3 Å². The van der Waals surface area contributed by atoms with Gasteiger partial charge in [-0.15, -0.1) is 0 Å². The molecule has 2 atom stereocenters. The molecule has 0 aliphatic heterocycles. The lowest BCUT2D eigenvalue weighted by atomic mass is 9.94. The van der Waals surface area contributed by atoms with Crippen LogP contribution in [0.25, 0.3) is 0 Å². The van der Waals surface area contributed by atoms with Crippen LogP contribution < -0.4 is 4.74 Å². The summed E-state index contributed by atoms with van der Waals surface area (Å²) in [6, 6.07) is 5.49. The largest absolute Gasteiger partial charge is 0.487 e. The van der Waals surface area contributed by atoms with Crippen LogP contribution >= 0.6 is 0 Å². The van der Waals surface area contributed by atoms with Gasteiger partial charge in [0.05, 0.1) is 11.7 Å². The topological polar surface area (TPSA) is 46.5 Å². The second-order valence-corrected chi connectivity index (χ2v) is 4.62. The van der Waals surface area contributed by atoms with Crippen molar-refractivity contribution in [3.8, 4) is 5.75 Å². The molecular weight excluding hydrogens is 216 g/mol. The molecule has 0 heterocycles. The average Bonchev–Trinajstić information content (AvgIpc) is 2.34. The van der Waals surface area contributed by atoms with Crippen molar-refractivity contribution in [3.05, 3.63) is 29.3 Å². The predicted octanol–water partition coefficient (Wildman–Crippen LogP) is 2.49. The Morgan fingerprint density at radius 1 is 1.35 bits per heavy atom. The monoisotopic (exact) mass is 234 g/mol. The molecule has 0 bridgehead atoms. The molecule has 2 rings (SSSR count). The number of aldehydes is 1. The Labute approximate surface area is 101 Å². The van der Waals surface area contributed by atoms with Gasteiger partial charge in [-0.25, -0.2) is 0 Å². The summed E-state index contributed by atoms with van der Waals surface area (Å²) in [6.07, 6.45) is 3.98. The number of para-hydroxylation sites is 1. The zero-order valence-electron chi connectivity index (χ0n) is 10.1. The minimum Gasteiger partial charge on any atom is -0.487 e. The van der Waals surface area contributed by atoms with Gasteiger partial charge in [0, 0.05) is 0 Å². The van der Waals surface area contributed by atoms with E-state index in [1.807, 2.05) is 19.1 Å². The number of ether oxygens (including phenoxy) is 1. The number of aliphatic hydroxyl groups excluding tert-OH is 1. The summed E-state index contributed by atoms with van der Waals surface area (Å²) in [5, 5.41) is 9.87. The maximum Gasteiger partial charge on any atom is 0.153 e. The molecule has 2 unspecified atom stereocenters. The number of rotatable bonds is 3. The second-order valence-electron chi connectivity index (χ2n) is 4.62. The SMILES string of the molecule is Cc1cccc(C=O)c1OC1CCCCC1O. The predicted molar refractivity (Wildman–Crippen MR) is 65.5 cm³/mol. The third kappa shape index (κ3) is 2.67. The molecule has 0 saturated heterocycles. The van der Waals surface area contributed by atoms with E-state index >= 15 is 0 Å². The molecule has 3 heteroatoms. The Morgan fingerprint density at radius 2 is 2.12 bits per heavy atom. The van der Waals surface area contributed by atoms with Crippen LogP contribution in [0.5, 0.6) is 5.75 Å². The highest BCUT2D eigenvalue weighted by molar-refractivity contribution is 5.80. The van der Waals surface area contributed by atoms with Crippen molar-refractivity contribution in [2.24, 2.45) is 0 Å². The van der Waals surface area contributed by atoms with E-state index in [2.05, 4.69) is 0 Å². The van der Waals surface area contributed by atoms with Gasteiger partial charge in [-0.3, -0.25) is 4.79 Å². The van der Waals surface area contributed by atoms with Crippen LogP contribution in [-0.4, -0.2) is 23.6 Å². The van der Waals surface area contributed by atoms with Gasteiger partial charge < -0.3 is 9.84 Å². The Balaban J connectivity index is 2.19. The third-order valence-corrected chi connectivity index (χ3v) is 3.31. The summed E-state index contributed by atoms with van der Waals surface area (Å²) in [4.78, 5) is 11.0. The van der Waals surface area contributed by atoms with Crippen LogP contribution in [0.1, 0.15) is 41.6 Å². The minimum absolute atomic E-state index is 0.177. The fraction of sp³-hybridized carbons (Fsp3) is 0.500. The lowest BCUT2D eigenvalue weighted by Gasteiger charge is -2.29. The summed E-state index contributed by atoms with van der Waals surface area (Å²) < 4.78 is 5.84. The number of carbonyl (C=O) groups is 1. The third-order valence-electron chi connectivity index (χ3n) is 3.31. The van der Waals surface area contributed by atoms with Crippen molar-refractivity contribution in [3.63, 3.8) is 0 Å². The Bertz CT molecular complexity index is 400. The molecule has 1 saturated carbocycles. The van der Waals surface area contributed by atoms with Crippen LogP contribution in [0.15, 0.2) is 18.2 Å². The molecule has 0 aromatic heterocycles. The molecule has 17 heavy (non-hydrogen) atoms. The minimum atomic E-state index is -0.414. The van der Waals surface area contributed by atoms with Gasteiger partial charge in [0.15, 0.2) is 6.29 Å². The summed E-state index contributed by atoms with van der Waals surface area (Å²) in [6.45, 7) is 1.91. The van der Waals surface area contributed by atoms with Crippen LogP contribution in [0.3, 0.4) is 0 Å². The lowest BCUT2D eigenvalue weighted by molar-refractivity contribution is 0.00624. The molecular formula is C14H18O3. The van der Waals surface area contributed by atoms with E-state index < -0.39 is 6.10 Å². The van der Waals surface area contributed by atoms with Crippen molar-refractivity contribution in [1.29, 1.82) is 0 Å². The molecule has 1 aliphatic carbocycles. The van der Waals surface area contributed by atoms with Crippen LogP contribution in [-0.2, 0) is 0 Å². The molecule has 0 amide bonds. The first kappa shape index (κ1) is 12.1. The smallest absolute Gasteiger partial charge is 0.153 e. The summed E-state index contributed by atoms with van der Waals surface area (Å²) in [5.74, 6) is 0.619. The highest BCUT2D eigenvalue weighted by atomic mass is 16.5. The molecule has 3 nitrogen and oxygen atoms in total.